The Balaban J connectivity index is 1.78. The molecule has 18 heavy (non-hydrogen) atoms. The van der Waals surface area contributed by atoms with Crippen LogP contribution in [0.25, 0.3) is 0 Å². The molecule has 1 aromatic rings. The summed E-state index contributed by atoms with van der Waals surface area (Å²) >= 11 is 0. The fourth-order valence-corrected chi connectivity index (χ4v) is 4.10. The number of hydrogen-bond acceptors (Lipinski definition) is 3. The summed E-state index contributed by atoms with van der Waals surface area (Å²) in [6.45, 7) is 4.86. The van der Waals surface area contributed by atoms with Crippen molar-refractivity contribution in [1.29, 1.82) is 0 Å². The first-order valence-corrected chi connectivity index (χ1v) is 7.31. The summed E-state index contributed by atoms with van der Waals surface area (Å²) in [5, 5.41) is 8.64. The Morgan fingerprint density at radius 2 is 2.00 bits per heavy atom. The lowest BCUT2D eigenvalue weighted by Gasteiger charge is -2.22. The van der Waals surface area contributed by atoms with Crippen LogP contribution in [0.4, 0.5) is 0 Å². The van der Waals surface area contributed by atoms with Crippen LogP contribution in [0, 0.1) is 17.8 Å². The second-order valence-corrected chi connectivity index (χ2v) is 6.34. The van der Waals surface area contributed by atoms with E-state index in [1.54, 1.807) is 0 Å². The van der Waals surface area contributed by atoms with Gasteiger partial charge in [-0.05, 0) is 50.9 Å². The van der Waals surface area contributed by atoms with E-state index in [0.717, 1.165) is 35.8 Å². The van der Waals surface area contributed by atoms with Gasteiger partial charge in [-0.1, -0.05) is 6.42 Å². The quantitative estimate of drug-likeness (QED) is 0.889. The van der Waals surface area contributed by atoms with E-state index in [4.69, 9.17) is 5.73 Å². The third-order valence-electron chi connectivity index (χ3n) is 4.87. The smallest absolute Gasteiger partial charge is 0.147 e. The van der Waals surface area contributed by atoms with Crippen molar-refractivity contribution >= 4 is 0 Å². The van der Waals surface area contributed by atoms with E-state index in [1.165, 1.54) is 25.7 Å². The van der Waals surface area contributed by atoms with Crippen LogP contribution in [0.5, 0.6) is 0 Å². The van der Waals surface area contributed by atoms with Crippen molar-refractivity contribution in [2.75, 3.05) is 0 Å². The van der Waals surface area contributed by atoms with Crippen LogP contribution in [0.3, 0.4) is 0 Å². The molecule has 2 aliphatic carbocycles. The van der Waals surface area contributed by atoms with Crippen molar-refractivity contribution in [1.82, 2.24) is 14.8 Å². The summed E-state index contributed by atoms with van der Waals surface area (Å²) in [7, 11) is 0. The molecule has 0 aromatic carbocycles. The number of aromatic nitrogens is 3. The van der Waals surface area contributed by atoms with Gasteiger partial charge in [-0.15, -0.1) is 10.2 Å². The van der Waals surface area contributed by atoms with Gasteiger partial charge >= 0.3 is 0 Å². The Hall–Kier alpha value is -0.900. The van der Waals surface area contributed by atoms with E-state index in [0.29, 0.717) is 12.6 Å². The van der Waals surface area contributed by atoms with Gasteiger partial charge in [-0.25, -0.2) is 0 Å². The molecule has 100 valence electrons. The Labute approximate surface area is 109 Å². The second-order valence-electron chi connectivity index (χ2n) is 6.34. The molecular weight excluding hydrogens is 224 g/mol. The minimum absolute atomic E-state index is 0.409. The first-order chi connectivity index (χ1) is 8.69. The van der Waals surface area contributed by atoms with E-state index in [1.807, 2.05) is 0 Å². The van der Waals surface area contributed by atoms with Crippen LogP contribution in [0.2, 0.25) is 0 Å². The molecule has 3 atom stereocenters. The lowest BCUT2D eigenvalue weighted by atomic mass is 9.86. The van der Waals surface area contributed by atoms with E-state index < -0.39 is 0 Å². The number of hydrogen-bond donors (Lipinski definition) is 1. The molecule has 1 aromatic heterocycles. The molecule has 3 rings (SSSR count). The molecule has 4 heteroatoms. The largest absolute Gasteiger partial charge is 0.324 e. The van der Waals surface area contributed by atoms with Gasteiger partial charge in [0.25, 0.3) is 0 Å². The predicted molar refractivity (Wildman–Crippen MR) is 70.9 cm³/mol. The topological polar surface area (TPSA) is 56.7 Å². The first kappa shape index (κ1) is 12.2. The highest BCUT2D eigenvalue weighted by Crippen LogP contribution is 2.49. The van der Waals surface area contributed by atoms with Crippen LogP contribution >= 0.6 is 0 Å². The fraction of sp³-hybridized carbons (Fsp3) is 0.857. The molecule has 0 radical (unpaired) electrons. The lowest BCUT2D eigenvalue weighted by molar-refractivity contribution is 0.321. The molecule has 0 saturated heterocycles. The summed E-state index contributed by atoms with van der Waals surface area (Å²) in [5.41, 5.74) is 5.75. The van der Waals surface area contributed by atoms with Crippen LogP contribution in [-0.4, -0.2) is 14.8 Å². The molecule has 1 heterocycles. The first-order valence-electron chi connectivity index (χ1n) is 7.31. The average molecular weight is 248 g/mol. The summed E-state index contributed by atoms with van der Waals surface area (Å²) in [6, 6.07) is 0.409. The summed E-state index contributed by atoms with van der Waals surface area (Å²) in [4.78, 5) is 0. The van der Waals surface area contributed by atoms with Crippen LogP contribution in [-0.2, 0) is 13.0 Å². The molecule has 3 unspecified atom stereocenters. The highest BCUT2D eigenvalue weighted by Gasteiger charge is 2.40. The predicted octanol–water partition coefficient (Wildman–Crippen LogP) is 2.30. The molecule has 4 nitrogen and oxygen atoms in total. The standard InChI is InChI=1S/C14H24N4/c1-9(2)18-13(16-17-14(18)8-15)7-12-6-10-3-4-11(12)5-10/h9-12H,3-8,15H2,1-2H3. The van der Waals surface area contributed by atoms with Gasteiger partial charge in [0.15, 0.2) is 0 Å². The van der Waals surface area contributed by atoms with Gasteiger partial charge in [-0.3, -0.25) is 0 Å². The zero-order valence-corrected chi connectivity index (χ0v) is 11.5. The molecule has 2 fully saturated rings. The van der Waals surface area contributed by atoms with Crippen LogP contribution in [0.1, 0.15) is 57.2 Å². The Morgan fingerprint density at radius 3 is 2.56 bits per heavy atom. The molecular formula is C14H24N4. The molecule has 2 aliphatic rings. The molecule has 2 bridgehead atoms. The lowest BCUT2D eigenvalue weighted by Crippen LogP contribution is -2.18. The van der Waals surface area contributed by atoms with Crippen molar-refractivity contribution in [3.8, 4) is 0 Å². The minimum atomic E-state index is 0.409. The normalized spacial score (nSPS) is 30.6. The maximum Gasteiger partial charge on any atom is 0.147 e. The SMILES string of the molecule is CC(C)n1c(CN)nnc1CC1CC2CCC1C2. The molecule has 0 spiro atoms. The molecule has 0 aliphatic heterocycles. The van der Waals surface area contributed by atoms with E-state index >= 15 is 0 Å². The van der Waals surface area contributed by atoms with Gasteiger partial charge < -0.3 is 10.3 Å². The number of nitrogens with two attached hydrogens (primary N) is 1. The maximum atomic E-state index is 5.75. The van der Waals surface area contributed by atoms with Crippen LogP contribution in [0.15, 0.2) is 0 Å². The third-order valence-corrected chi connectivity index (χ3v) is 4.87. The molecule has 2 N–H and O–H groups in total. The van der Waals surface area contributed by atoms with E-state index in [2.05, 4.69) is 28.6 Å². The van der Waals surface area contributed by atoms with Crippen molar-refractivity contribution in [3.63, 3.8) is 0 Å². The summed E-state index contributed by atoms with van der Waals surface area (Å²) in [5.74, 6) is 4.89. The van der Waals surface area contributed by atoms with Gasteiger partial charge in [0.2, 0.25) is 0 Å². The van der Waals surface area contributed by atoms with Crippen molar-refractivity contribution in [2.45, 2.75) is 58.5 Å². The zero-order valence-electron chi connectivity index (χ0n) is 11.5. The maximum absolute atomic E-state index is 5.75. The van der Waals surface area contributed by atoms with E-state index in [9.17, 15) is 0 Å². The monoisotopic (exact) mass is 248 g/mol. The van der Waals surface area contributed by atoms with Crippen molar-refractivity contribution in [3.05, 3.63) is 11.6 Å². The fourth-order valence-electron chi connectivity index (χ4n) is 4.10. The van der Waals surface area contributed by atoms with Gasteiger partial charge in [-0.2, -0.15) is 0 Å². The minimum Gasteiger partial charge on any atom is -0.324 e. The Morgan fingerprint density at radius 1 is 1.22 bits per heavy atom. The third kappa shape index (κ3) is 1.96. The number of nitrogens with zero attached hydrogens (tertiary/aromatic N) is 3. The number of rotatable bonds is 4. The van der Waals surface area contributed by atoms with Gasteiger partial charge in [0.05, 0.1) is 6.54 Å². The van der Waals surface area contributed by atoms with Crippen LogP contribution < -0.4 is 5.73 Å². The zero-order chi connectivity index (χ0) is 12.7. The average Bonchev–Trinajstić information content (AvgIpc) is 3.02. The second kappa shape index (κ2) is 4.65. The highest BCUT2D eigenvalue weighted by atomic mass is 15.3. The summed E-state index contributed by atoms with van der Waals surface area (Å²) in [6.07, 6.45) is 6.88. The van der Waals surface area contributed by atoms with Gasteiger partial charge in [0.1, 0.15) is 11.6 Å². The van der Waals surface area contributed by atoms with Crippen molar-refractivity contribution < 1.29 is 0 Å². The van der Waals surface area contributed by atoms with E-state index in [-0.39, 0.29) is 0 Å². The van der Waals surface area contributed by atoms with Crippen molar-refractivity contribution in [2.24, 2.45) is 23.5 Å². The molecule has 2 saturated carbocycles. The highest BCUT2D eigenvalue weighted by molar-refractivity contribution is 5.02. The van der Waals surface area contributed by atoms with Gasteiger partial charge in [0, 0.05) is 12.5 Å². The number of fused-ring (bicyclic) bond motifs is 2. The molecule has 0 amide bonds. The summed E-state index contributed by atoms with van der Waals surface area (Å²) < 4.78 is 2.24. The Kier molecular flexibility index (Phi) is 3.14. The Bertz CT molecular complexity index is 423.